The van der Waals surface area contributed by atoms with Gasteiger partial charge in [-0.3, -0.25) is 4.79 Å². The van der Waals surface area contributed by atoms with Crippen molar-refractivity contribution in [3.63, 3.8) is 0 Å². The summed E-state index contributed by atoms with van der Waals surface area (Å²) < 4.78 is 19.4. The zero-order valence-corrected chi connectivity index (χ0v) is 13.6. The van der Waals surface area contributed by atoms with Crippen molar-refractivity contribution in [2.24, 2.45) is 0 Å². The Morgan fingerprint density at radius 3 is 2.68 bits per heavy atom. The van der Waals surface area contributed by atoms with Gasteiger partial charge in [0, 0.05) is 12.3 Å². The molecule has 3 nitrogen and oxygen atoms in total. The molecule has 1 heterocycles. The number of halogens is 2. The van der Waals surface area contributed by atoms with Gasteiger partial charge in [-0.25, -0.2) is 4.39 Å². The summed E-state index contributed by atoms with van der Waals surface area (Å²) in [4.78, 5) is 13.9. The molecule has 0 amide bonds. The number of benzene rings is 1. The van der Waals surface area contributed by atoms with Gasteiger partial charge in [0.15, 0.2) is 0 Å². The van der Waals surface area contributed by atoms with E-state index in [9.17, 15) is 9.18 Å². The highest BCUT2D eigenvalue weighted by molar-refractivity contribution is 6.30. The van der Waals surface area contributed by atoms with Crippen LogP contribution >= 0.6 is 11.6 Å². The van der Waals surface area contributed by atoms with E-state index in [1.165, 1.54) is 6.07 Å². The molecule has 0 bridgehead atoms. The number of aryl methyl sites for hydroxylation is 1. The van der Waals surface area contributed by atoms with Gasteiger partial charge in [0.1, 0.15) is 5.82 Å². The molecule has 2 atom stereocenters. The van der Waals surface area contributed by atoms with E-state index in [0.29, 0.717) is 6.42 Å². The van der Waals surface area contributed by atoms with Gasteiger partial charge in [-0.1, -0.05) is 17.7 Å². The first-order valence-electron chi connectivity index (χ1n) is 7.15. The summed E-state index contributed by atoms with van der Waals surface area (Å²) in [6.45, 7) is 5.74. The lowest BCUT2D eigenvalue weighted by molar-refractivity contribution is 0.00716. The fourth-order valence-corrected chi connectivity index (χ4v) is 2.61. The van der Waals surface area contributed by atoms with E-state index in [1.54, 1.807) is 24.4 Å². The monoisotopic (exact) mass is 323 g/mol. The number of nitrogens with one attached hydrogen (secondary N) is 1. The van der Waals surface area contributed by atoms with Crippen LogP contribution in [0.4, 0.5) is 4.39 Å². The summed E-state index contributed by atoms with van der Waals surface area (Å²) in [5, 5.41) is 0.120. The van der Waals surface area contributed by atoms with Gasteiger partial charge in [-0.15, -0.1) is 0 Å². The molecule has 2 unspecified atom stereocenters. The highest BCUT2D eigenvalue weighted by Gasteiger charge is 2.14. The van der Waals surface area contributed by atoms with Crippen LogP contribution in [0, 0.1) is 12.7 Å². The number of hydrogen-bond acceptors (Lipinski definition) is 2. The van der Waals surface area contributed by atoms with Crippen LogP contribution in [0.25, 0.3) is 0 Å². The summed E-state index contributed by atoms with van der Waals surface area (Å²) in [6.07, 6.45) is 2.00. The Balaban J connectivity index is 2.03. The van der Waals surface area contributed by atoms with E-state index in [2.05, 4.69) is 4.98 Å². The van der Waals surface area contributed by atoms with Crippen molar-refractivity contribution in [2.75, 3.05) is 0 Å². The van der Waals surface area contributed by atoms with Gasteiger partial charge in [-0.05, 0) is 56.0 Å². The standard InChI is InChI=1S/C17H19ClFNO2/c1-10-6-17(21)20-9-14(10)12(3)22-11(2)7-13-4-5-15(18)16(19)8-13/h4-6,8-9,11-12H,7H2,1-3H3,(H,20,21). The predicted molar refractivity (Wildman–Crippen MR) is 85.9 cm³/mol. The average Bonchev–Trinajstić information content (AvgIpc) is 2.42. The molecule has 22 heavy (non-hydrogen) atoms. The maximum Gasteiger partial charge on any atom is 0.248 e. The molecule has 0 saturated heterocycles. The molecule has 118 valence electrons. The molecule has 0 fully saturated rings. The molecule has 1 aromatic heterocycles. The highest BCUT2D eigenvalue weighted by Crippen LogP contribution is 2.22. The van der Waals surface area contributed by atoms with Gasteiger partial charge in [0.2, 0.25) is 5.56 Å². The molecule has 0 aliphatic carbocycles. The van der Waals surface area contributed by atoms with E-state index < -0.39 is 5.82 Å². The lowest BCUT2D eigenvalue weighted by atomic mass is 10.1. The van der Waals surface area contributed by atoms with Gasteiger partial charge in [0.05, 0.1) is 17.2 Å². The third kappa shape index (κ3) is 4.18. The van der Waals surface area contributed by atoms with Crippen LogP contribution < -0.4 is 5.56 Å². The smallest absolute Gasteiger partial charge is 0.248 e. The van der Waals surface area contributed by atoms with E-state index in [0.717, 1.165) is 16.7 Å². The van der Waals surface area contributed by atoms with E-state index >= 15 is 0 Å². The number of hydrogen-bond donors (Lipinski definition) is 1. The van der Waals surface area contributed by atoms with Crippen molar-refractivity contribution >= 4 is 11.6 Å². The first kappa shape index (κ1) is 16.7. The largest absolute Gasteiger partial charge is 0.370 e. The number of aromatic nitrogens is 1. The quantitative estimate of drug-likeness (QED) is 0.896. The number of aromatic amines is 1. The van der Waals surface area contributed by atoms with Crippen molar-refractivity contribution in [3.05, 3.63) is 68.3 Å². The SMILES string of the molecule is Cc1cc(=O)[nH]cc1C(C)OC(C)Cc1ccc(Cl)c(F)c1. The molecule has 0 spiro atoms. The van der Waals surface area contributed by atoms with E-state index in [-0.39, 0.29) is 22.8 Å². The molecule has 0 aliphatic heterocycles. The Labute approximate surface area is 134 Å². The molecule has 2 aromatic rings. The average molecular weight is 324 g/mol. The Hall–Kier alpha value is -1.65. The fraction of sp³-hybridized carbons (Fsp3) is 0.353. The van der Waals surface area contributed by atoms with E-state index in [1.807, 2.05) is 20.8 Å². The predicted octanol–water partition coefficient (Wildman–Crippen LogP) is 4.18. The van der Waals surface area contributed by atoms with Gasteiger partial charge in [0.25, 0.3) is 0 Å². The third-order valence-corrected chi connectivity index (χ3v) is 3.86. The zero-order valence-electron chi connectivity index (χ0n) is 12.8. The van der Waals surface area contributed by atoms with Crippen LogP contribution in [0.2, 0.25) is 5.02 Å². The molecule has 1 aromatic carbocycles. The summed E-state index contributed by atoms with van der Waals surface area (Å²) in [5.41, 5.74) is 2.53. The summed E-state index contributed by atoms with van der Waals surface area (Å²) >= 11 is 5.68. The molecule has 0 aliphatic rings. The second-order valence-corrected chi connectivity index (χ2v) is 5.88. The third-order valence-electron chi connectivity index (χ3n) is 3.55. The Morgan fingerprint density at radius 1 is 1.32 bits per heavy atom. The molecule has 0 saturated carbocycles. The van der Waals surface area contributed by atoms with Gasteiger partial charge < -0.3 is 9.72 Å². The van der Waals surface area contributed by atoms with Gasteiger partial charge in [-0.2, -0.15) is 0 Å². The van der Waals surface area contributed by atoms with Crippen LogP contribution in [-0.2, 0) is 11.2 Å². The van der Waals surface area contributed by atoms with Crippen molar-refractivity contribution in [3.8, 4) is 0 Å². The Bertz CT molecular complexity index is 714. The van der Waals surface area contributed by atoms with Crippen LogP contribution in [0.15, 0.2) is 35.3 Å². The van der Waals surface area contributed by atoms with Crippen LogP contribution in [-0.4, -0.2) is 11.1 Å². The van der Waals surface area contributed by atoms with Crippen molar-refractivity contribution in [1.29, 1.82) is 0 Å². The lowest BCUT2D eigenvalue weighted by Gasteiger charge is -2.21. The minimum absolute atomic E-state index is 0.0955. The Kier molecular flexibility index (Phi) is 5.37. The molecule has 5 heteroatoms. The second-order valence-electron chi connectivity index (χ2n) is 5.48. The van der Waals surface area contributed by atoms with E-state index in [4.69, 9.17) is 16.3 Å². The number of H-pyrrole nitrogens is 1. The van der Waals surface area contributed by atoms with Crippen LogP contribution in [0.3, 0.4) is 0 Å². The second kappa shape index (κ2) is 7.07. The number of ether oxygens (including phenoxy) is 1. The van der Waals surface area contributed by atoms with Crippen molar-refractivity contribution < 1.29 is 9.13 Å². The van der Waals surface area contributed by atoms with Gasteiger partial charge >= 0.3 is 0 Å². The fourth-order valence-electron chi connectivity index (χ4n) is 2.49. The maximum absolute atomic E-state index is 13.4. The van der Waals surface area contributed by atoms with Crippen LogP contribution in [0.1, 0.15) is 36.6 Å². The Morgan fingerprint density at radius 2 is 2.05 bits per heavy atom. The molecule has 1 N–H and O–H groups in total. The summed E-state index contributed by atoms with van der Waals surface area (Å²) in [7, 11) is 0. The summed E-state index contributed by atoms with van der Waals surface area (Å²) in [6, 6.07) is 6.32. The summed E-state index contributed by atoms with van der Waals surface area (Å²) in [5.74, 6) is -0.420. The minimum atomic E-state index is -0.420. The molecule has 2 rings (SSSR count). The first-order valence-corrected chi connectivity index (χ1v) is 7.53. The molecular formula is C17H19ClFNO2. The van der Waals surface area contributed by atoms with Crippen molar-refractivity contribution in [1.82, 2.24) is 4.98 Å². The minimum Gasteiger partial charge on any atom is -0.370 e. The molecular weight excluding hydrogens is 305 g/mol. The molecule has 0 radical (unpaired) electrons. The zero-order chi connectivity index (χ0) is 16.3. The first-order chi connectivity index (χ1) is 10.4. The number of rotatable bonds is 5. The van der Waals surface area contributed by atoms with Crippen molar-refractivity contribution in [2.45, 2.75) is 39.4 Å². The maximum atomic E-state index is 13.4. The lowest BCUT2D eigenvalue weighted by Crippen LogP contribution is -2.17. The number of pyridine rings is 1. The van der Waals surface area contributed by atoms with Crippen LogP contribution in [0.5, 0.6) is 0 Å². The normalized spacial score (nSPS) is 13.9. The highest BCUT2D eigenvalue weighted by atomic mass is 35.5. The topological polar surface area (TPSA) is 42.1 Å².